The van der Waals surface area contributed by atoms with Crippen LogP contribution in [0.1, 0.15) is 37.8 Å². The van der Waals surface area contributed by atoms with Crippen molar-refractivity contribution < 1.29 is 13.9 Å². The second kappa shape index (κ2) is 6.76. The van der Waals surface area contributed by atoms with Gasteiger partial charge in [0, 0.05) is 31.6 Å². The Morgan fingerprint density at radius 3 is 2.69 bits per heavy atom. The molecule has 0 radical (unpaired) electrons. The predicted octanol–water partition coefficient (Wildman–Crippen LogP) is 2.12. The zero-order chi connectivity index (χ0) is 18.2. The van der Waals surface area contributed by atoms with Gasteiger partial charge in [-0.05, 0) is 51.2 Å². The summed E-state index contributed by atoms with van der Waals surface area (Å²) in [7, 11) is 0. The predicted molar refractivity (Wildman–Crippen MR) is 95.7 cm³/mol. The normalized spacial score (nSPS) is 28.5. The summed E-state index contributed by atoms with van der Waals surface area (Å²) in [5, 5.41) is 8.48. The number of aromatic nitrogens is 2. The molecule has 1 aromatic rings. The number of likely N-dealkylation sites (tertiary alicyclic amines) is 1. The molecule has 3 fully saturated rings. The number of piperidine rings is 1. The smallest absolute Gasteiger partial charge is 0.260 e. The minimum atomic E-state index is -1.62. The Hall–Kier alpha value is -1.76. The Labute approximate surface area is 153 Å². The maximum Gasteiger partial charge on any atom is 0.260 e. The lowest BCUT2D eigenvalue weighted by Crippen LogP contribution is -2.57. The number of hydrogen-bond donors (Lipinski definition) is 0. The number of ether oxygens (including phenoxy) is 1. The van der Waals surface area contributed by atoms with E-state index in [9.17, 15) is 9.18 Å². The molecule has 1 aromatic heterocycles. The summed E-state index contributed by atoms with van der Waals surface area (Å²) >= 11 is 0. The van der Waals surface area contributed by atoms with Crippen molar-refractivity contribution in [3.05, 3.63) is 17.8 Å². The number of amides is 1. The number of carbonyl (C=O) groups excluding carboxylic acids is 1. The van der Waals surface area contributed by atoms with Gasteiger partial charge in [-0.15, -0.1) is 5.10 Å². The second-order valence-corrected chi connectivity index (χ2v) is 8.16. The molecule has 0 N–H and O–H groups in total. The fraction of sp³-hybridized carbons (Fsp3) is 0.737. The van der Waals surface area contributed by atoms with Crippen LogP contribution in [0.3, 0.4) is 0 Å². The summed E-state index contributed by atoms with van der Waals surface area (Å²) in [6, 6.07) is 3.94. The topological polar surface area (TPSA) is 58.6 Å². The van der Waals surface area contributed by atoms with Crippen LogP contribution in [0.4, 0.5) is 10.2 Å². The highest BCUT2D eigenvalue weighted by Gasteiger charge is 2.49. The van der Waals surface area contributed by atoms with Crippen LogP contribution >= 0.6 is 0 Å². The summed E-state index contributed by atoms with van der Waals surface area (Å²) in [6.45, 7) is 5.87. The largest absolute Gasteiger partial charge is 0.379 e. The van der Waals surface area contributed by atoms with Gasteiger partial charge in [0.15, 0.2) is 11.5 Å². The highest BCUT2D eigenvalue weighted by atomic mass is 19.1. The second-order valence-electron chi connectivity index (χ2n) is 8.16. The summed E-state index contributed by atoms with van der Waals surface area (Å²) in [4.78, 5) is 16.6. The number of nitrogens with zero attached hydrogens (tertiary/aromatic N) is 4. The third kappa shape index (κ3) is 3.29. The maximum absolute atomic E-state index is 14.6. The number of hydrogen-bond acceptors (Lipinski definition) is 5. The lowest BCUT2D eigenvalue weighted by Gasteiger charge is -2.46. The number of carbonyl (C=O) groups is 1. The number of anilines is 1. The van der Waals surface area contributed by atoms with Crippen LogP contribution in [0.2, 0.25) is 0 Å². The standard InChI is InChI=1S/C19H27FN4O2/c1-15-4-5-16(22-21-15)23-10-11-26-14-18(12-23)6-3-9-24(13-18)17(25)19(20)7-2-8-19/h4-5H,2-3,6-14H2,1H3. The molecule has 1 saturated carbocycles. The van der Waals surface area contributed by atoms with Gasteiger partial charge in [-0.3, -0.25) is 4.79 Å². The number of aryl methyl sites for hydroxylation is 1. The molecule has 4 rings (SSSR count). The summed E-state index contributed by atoms with van der Waals surface area (Å²) in [5.41, 5.74) is -0.902. The van der Waals surface area contributed by atoms with Gasteiger partial charge in [0.2, 0.25) is 0 Å². The van der Waals surface area contributed by atoms with E-state index in [2.05, 4.69) is 15.1 Å². The van der Waals surface area contributed by atoms with Crippen LogP contribution < -0.4 is 4.90 Å². The first-order chi connectivity index (χ1) is 12.5. The van der Waals surface area contributed by atoms with E-state index in [0.29, 0.717) is 39.1 Å². The summed E-state index contributed by atoms with van der Waals surface area (Å²) < 4.78 is 20.5. The van der Waals surface area contributed by atoms with E-state index in [0.717, 1.165) is 43.9 Å². The van der Waals surface area contributed by atoms with Crippen molar-refractivity contribution in [1.82, 2.24) is 15.1 Å². The number of alkyl halides is 1. The average Bonchev–Trinajstić information content (AvgIpc) is 2.82. The summed E-state index contributed by atoms with van der Waals surface area (Å²) in [5.74, 6) is 0.527. The van der Waals surface area contributed by atoms with Crippen LogP contribution in [0.5, 0.6) is 0 Å². The molecule has 142 valence electrons. The van der Waals surface area contributed by atoms with Gasteiger partial charge in [-0.1, -0.05) is 0 Å². The van der Waals surface area contributed by atoms with Crippen LogP contribution in [-0.2, 0) is 9.53 Å². The molecule has 3 heterocycles. The van der Waals surface area contributed by atoms with Crippen LogP contribution in [0.15, 0.2) is 12.1 Å². The van der Waals surface area contributed by atoms with Gasteiger partial charge in [0.1, 0.15) is 0 Å². The summed E-state index contributed by atoms with van der Waals surface area (Å²) in [6.07, 6.45) is 3.42. The van der Waals surface area contributed by atoms with Gasteiger partial charge in [-0.25, -0.2) is 4.39 Å². The van der Waals surface area contributed by atoms with E-state index in [4.69, 9.17) is 4.74 Å². The fourth-order valence-electron chi connectivity index (χ4n) is 4.36. The van der Waals surface area contributed by atoms with Crippen molar-refractivity contribution in [2.45, 2.75) is 44.7 Å². The van der Waals surface area contributed by atoms with Crippen LogP contribution in [0, 0.1) is 12.3 Å². The molecule has 3 aliphatic rings. The first kappa shape index (κ1) is 17.6. The van der Waals surface area contributed by atoms with Gasteiger partial charge in [0.05, 0.1) is 18.9 Å². The number of halogens is 1. The molecule has 1 amide bonds. The molecule has 2 aliphatic heterocycles. The van der Waals surface area contributed by atoms with Crippen molar-refractivity contribution in [1.29, 1.82) is 0 Å². The van der Waals surface area contributed by atoms with Crippen molar-refractivity contribution in [2.24, 2.45) is 5.41 Å². The highest BCUT2D eigenvalue weighted by Crippen LogP contribution is 2.40. The number of rotatable bonds is 2. The molecule has 1 unspecified atom stereocenters. The lowest BCUT2D eigenvalue weighted by molar-refractivity contribution is -0.154. The SMILES string of the molecule is Cc1ccc(N2CCOCC3(CCCN(C(=O)C4(F)CCC4)C3)C2)nn1. The Kier molecular flexibility index (Phi) is 4.59. The van der Waals surface area contributed by atoms with Gasteiger partial charge >= 0.3 is 0 Å². The quantitative estimate of drug-likeness (QED) is 0.807. The van der Waals surface area contributed by atoms with Crippen LogP contribution in [0.25, 0.3) is 0 Å². The molecule has 1 spiro atoms. The van der Waals surface area contributed by atoms with Crippen molar-refractivity contribution in [3.63, 3.8) is 0 Å². The van der Waals surface area contributed by atoms with E-state index in [1.807, 2.05) is 19.1 Å². The van der Waals surface area contributed by atoms with E-state index in [1.54, 1.807) is 4.90 Å². The van der Waals surface area contributed by atoms with Crippen molar-refractivity contribution >= 4 is 11.7 Å². The van der Waals surface area contributed by atoms with E-state index < -0.39 is 5.67 Å². The van der Waals surface area contributed by atoms with Crippen molar-refractivity contribution in [2.75, 3.05) is 44.3 Å². The van der Waals surface area contributed by atoms with E-state index in [1.165, 1.54) is 0 Å². The fourth-order valence-corrected chi connectivity index (χ4v) is 4.36. The minimum absolute atomic E-state index is 0.170. The average molecular weight is 362 g/mol. The first-order valence-corrected chi connectivity index (χ1v) is 9.61. The monoisotopic (exact) mass is 362 g/mol. The molecular weight excluding hydrogens is 335 g/mol. The van der Waals surface area contributed by atoms with Gasteiger partial charge < -0.3 is 14.5 Å². The van der Waals surface area contributed by atoms with E-state index >= 15 is 0 Å². The van der Waals surface area contributed by atoms with Gasteiger partial charge in [0.25, 0.3) is 5.91 Å². The zero-order valence-corrected chi connectivity index (χ0v) is 15.4. The third-order valence-corrected chi connectivity index (χ3v) is 6.03. The maximum atomic E-state index is 14.6. The lowest BCUT2D eigenvalue weighted by atomic mass is 9.77. The van der Waals surface area contributed by atoms with Gasteiger partial charge in [-0.2, -0.15) is 5.10 Å². The first-order valence-electron chi connectivity index (χ1n) is 9.61. The molecule has 2 saturated heterocycles. The molecule has 1 atom stereocenters. The molecule has 0 bridgehead atoms. The molecule has 0 aromatic carbocycles. The Morgan fingerprint density at radius 2 is 2.00 bits per heavy atom. The highest BCUT2D eigenvalue weighted by molar-refractivity contribution is 5.86. The minimum Gasteiger partial charge on any atom is -0.379 e. The molecule has 6 nitrogen and oxygen atoms in total. The Balaban J connectivity index is 1.51. The molecule has 7 heteroatoms. The molecule has 1 aliphatic carbocycles. The Bertz CT molecular complexity index is 664. The van der Waals surface area contributed by atoms with E-state index in [-0.39, 0.29) is 11.3 Å². The van der Waals surface area contributed by atoms with Crippen LogP contribution in [-0.4, -0.2) is 66.1 Å². The third-order valence-electron chi connectivity index (χ3n) is 6.03. The molecule has 26 heavy (non-hydrogen) atoms. The zero-order valence-electron chi connectivity index (χ0n) is 15.4. The molecular formula is C19H27FN4O2. The Morgan fingerprint density at radius 1 is 1.15 bits per heavy atom. The van der Waals surface area contributed by atoms with Crippen molar-refractivity contribution in [3.8, 4) is 0 Å².